The van der Waals surface area contributed by atoms with Gasteiger partial charge in [0.15, 0.2) is 0 Å². The van der Waals surface area contributed by atoms with Gasteiger partial charge in [-0.2, -0.15) is 0 Å². The van der Waals surface area contributed by atoms with Crippen molar-refractivity contribution in [3.05, 3.63) is 24.0 Å². The van der Waals surface area contributed by atoms with Gasteiger partial charge in [-0.1, -0.05) is 6.92 Å². The molecule has 0 atom stereocenters. The Labute approximate surface area is 81.6 Å². The number of nitrogens with one attached hydrogen (secondary N) is 1. The molecule has 0 aliphatic rings. The predicted molar refractivity (Wildman–Crippen MR) is 51.6 cm³/mol. The molecule has 0 radical (unpaired) electrons. The number of carbonyl (C=O) groups excluding carboxylic acids is 1. The van der Waals surface area contributed by atoms with Crippen LogP contribution in [-0.4, -0.2) is 11.0 Å². The molecule has 0 aliphatic carbocycles. The molecular weight excluding hydrogens is 185 g/mol. The van der Waals surface area contributed by atoms with E-state index in [0.29, 0.717) is 12.8 Å². The van der Waals surface area contributed by atoms with Crippen LogP contribution in [0.4, 0.5) is 10.1 Å². The third-order valence-electron chi connectivity index (χ3n) is 1.70. The van der Waals surface area contributed by atoms with Gasteiger partial charge in [0.25, 0.3) is 0 Å². The summed E-state index contributed by atoms with van der Waals surface area (Å²) in [5.41, 5.74) is 0.0984. The number of benzene rings is 1. The quantitative estimate of drug-likeness (QED) is 0.730. The number of anilines is 1. The molecule has 0 fully saturated rings. The molecule has 76 valence electrons. The molecule has 0 heterocycles. The molecule has 1 aromatic rings. The highest BCUT2D eigenvalue weighted by atomic mass is 19.1. The molecule has 3 nitrogen and oxygen atoms in total. The van der Waals surface area contributed by atoms with E-state index >= 15 is 0 Å². The van der Waals surface area contributed by atoms with Crippen molar-refractivity contribution in [2.45, 2.75) is 19.8 Å². The minimum atomic E-state index is -0.630. The fraction of sp³-hybridized carbons (Fsp3) is 0.300. The molecule has 1 rings (SSSR count). The minimum absolute atomic E-state index is 0.0984. The van der Waals surface area contributed by atoms with Crippen LogP contribution in [0.2, 0.25) is 0 Å². The third kappa shape index (κ3) is 2.73. The summed E-state index contributed by atoms with van der Waals surface area (Å²) < 4.78 is 13.1. The fourth-order valence-electron chi connectivity index (χ4n) is 1.05. The highest BCUT2D eigenvalue weighted by Gasteiger charge is 2.06. The molecule has 14 heavy (non-hydrogen) atoms. The predicted octanol–water partition coefficient (Wildman–Crippen LogP) is 2.27. The monoisotopic (exact) mass is 197 g/mol. The standard InChI is InChI=1S/C10H12FNO2/c1-2-3-10(14)12-9-5-4-7(13)6-8(9)11/h4-6,13H,2-3H2,1H3,(H,12,14). The molecule has 0 bridgehead atoms. The van der Waals surface area contributed by atoms with Gasteiger partial charge in [0.1, 0.15) is 11.6 Å². The van der Waals surface area contributed by atoms with Gasteiger partial charge in [-0.3, -0.25) is 4.79 Å². The maximum absolute atomic E-state index is 13.1. The number of halogens is 1. The molecule has 0 aliphatic heterocycles. The summed E-state index contributed by atoms with van der Waals surface area (Å²) in [5.74, 6) is -1.01. The topological polar surface area (TPSA) is 49.3 Å². The maximum atomic E-state index is 13.1. The highest BCUT2D eigenvalue weighted by molar-refractivity contribution is 5.90. The van der Waals surface area contributed by atoms with Crippen molar-refractivity contribution in [2.75, 3.05) is 5.32 Å². The number of hydrogen-bond acceptors (Lipinski definition) is 2. The van der Waals surface area contributed by atoms with E-state index in [-0.39, 0.29) is 17.3 Å². The first-order valence-corrected chi connectivity index (χ1v) is 4.42. The Morgan fingerprint density at radius 2 is 2.29 bits per heavy atom. The van der Waals surface area contributed by atoms with Crippen molar-refractivity contribution >= 4 is 11.6 Å². The van der Waals surface area contributed by atoms with E-state index in [1.54, 1.807) is 0 Å². The van der Waals surface area contributed by atoms with E-state index in [1.807, 2.05) is 6.92 Å². The van der Waals surface area contributed by atoms with E-state index in [9.17, 15) is 9.18 Å². The van der Waals surface area contributed by atoms with Crippen LogP contribution < -0.4 is 5.32 Å². The van der Waals surface area contributed by atoms with Crippen molar-refractivity contribution in [3.8, 4) is 5.75 Å². The zero-order valence-electron chi connectivity index (χ0n) is 7.88. The maximum Gasteiger partial charge on any atom is 0.224 e. The molecule has 1 amide bonds. The lowest BCUT2D eigenvalue weighted by atomic mass is 10.2. The van der Waals surface area contributed by atoms with Crippen molar-refractivity contribution in [3.63, 3.8) is 0 Å². The second kappa shape index (κ2) is 4.60. The van der Waals surface area contributed by atoms with Gasteiger partial charge < -0.3 is 10.4 Å². The Kier molecular flexibility index (Phi) is 3.45. The van der Waals surface area contributed by atoms with Crippen LogP contribution in [-0.2, 0) is 4.79 Å². The largest absolute Gasteiger partial charge is 0.508 e. The first-order valence-electron chi connectivity index (χ1n) is 4.42. The summed E-state index contributed by atoms with van der Waals surface area (Å²) in [6.45, 7) is 1.87. The molecule has 4 heteroatoms. The van der Waals surface area contributed by atoms with Gasteiger partial charge in [0, 0.05) is 12.5 Å². The lowest BCUT2D eigenvalue weighted by molar-refractivity contribution is -0.116. The van der Waals surface area contributed by atoms with Gasteiger partial charge >= 0.3 is 0 Å². The van der Waals surface area contributed by atoms with Crippen molar-refractivity contribution in [1.29, 1.82) is 0 Å². The zero-order chi connectivity index (χ0) is 10.6. The van der Waals surface area contributed by atoms with E-state index < -0.39 is 5.82 Å². The second-order valence-electron chi connectivity index (χ2n) is 2.96. The molecule has 1 aromatic carbocycles. The summed E-state index contributed by atoms with van der Waals surface area (Å²) >= 11 is 0. The van der Waals surface area contributed by atoms with Crippen LogP contribution in [0, 0.1) is 5.82 Å². The van der Waals surface area contributed by atoms with Crippen LogP contribution >= 0.6 is 0 Å². The molecule has 0 spiro atoms. The lowest BCUT2D eigenvalue weighted by Gasteiger charge is -2.05. The Hall–Kier alpha value is -1.58. The van der Waals surface area contributed by atoms with Crippen molar-refractivity contribution in [1.82, 2.24) is 0 Å². The summed E-state index contributed by atoms with van der Waals surface area (Å²) in [6.07, 6.45) is 1.08. The fourth-order valence-corrected chi connectivity index (χ4v) is 1.05. The summed E-state index contributed by atoms with van der Waals surface area (Å²) in [4.78, 5) is 11.1. The molecule has 0 aromatic heterocycles. The summed E-state index contributed by atoms with van der Waals surface area (Å²) in [5, 5.41) is 11.3. The zero-order valence-corrected chi connectivity index (χ0v) is 7.88. The van der Waals surface area contributed by atoms with Crippen LogP contribution in [0.15, 0.2) is 18.2 Å². The summed E-state index contributed by atoms with van der Waals surface area (Å²) in [6, 6.07) is 3.62. The smallest absolute Gasteiger partial charge is 0.224 e. The highest BCUT2D eigenvalue weighted by Crippen LogP contribution is 2.19. The second-order valence-corrected chi connectivity index (χ2v) is 2.96. The lowest BCUT2D eigenvalue weighted by Crippen LogP contribution is -2.11. The van der Waals surface area contributed by atoms with Crippen LogP contribution in [0.25, 0.3) is 0 Å². The Morgan fingerprint density at radius 3 is 2.86 bits per heavy atom. The van der Waals surface area contributed by atoms with E-state index in [1.165, 1.54) is 12.1 Å². The molecule has 0 unspecified atom stereocenters. The van der Waals surface area contributed by atoms with Crippen molar-refractivity contribution in [2.24, 2.45) is 0 Å². The normalized spacial score (nSPS) is 9.86. The molecular formula is C10H12FNO2. The number of rotatable bonds is 3. The number of carbonyl (C=O) groups is 1. The van der Waals surface area contributed by atoms with Crippen LogP contribution in [0.5, 0.6) is 5.75 Å². The molecule has 2 N–H and O–H groups in total. The van der Waals surface area contributed by atoms with Gasteiger partial charge in [-0.25, -0.2) is 4.39 Å². The van der Waals surface area contributed by atoms with E-state index in [2.05, 4.69) is 5.32 Å². The van der Waals surface area contributed by atoms with Gasteiger partial charge in [0.05, 0.1) is 5.69 Å². The number of hydrogen-bond donors (Lipinski definition) is 2. The first kappa shape index (κ1) is 10.5. The van der Waals surface area contributed by atoms with Gasteiger partial charge in [-0.05, 0) is 18.6 Å². The number of amides is 1. The number of aromatic hydroxyl groups is 1. The summed E-state index contributed by atoms with van der Waals surface area (Å²) in [7, 11) is 0. The van der Waals surface area contributed by atoms with Crippen LogP contribution in [0.1, 0.15) is 19.8 Å². The Balaban J connectivity index is 2.72. The molecule has 0 saturated carbocycles. The SMILES string of the molecule is CCCC(=O)Nc1ccc(O)cc1F. The average molecular weight is 197 g/mol. The van der Waals surface area contributed by atoms with E-state index in [4.69, 9.17) is 5.11 Å². The Morgan fingerprint density at radius 1 is 1.57 bits per heavy atom. The van der Waals surface area contributed by atoms with Gasteiger partial charge in [-0.15, -0.1) is 0 Å². The van der Waals surface area contributed by atoms with E-state index in [0.717, 1.165) is 6.07 Å². The average Bonchev–Trinajstić information content (AvgIpc) is 2.10. The minimum Gasteiger partial charge on any atom is -0.508 e. The number of phenols is 1. The first-order chi connectivity index (χ1) is 6.63. The number of phenolic OH excluding ortho intramolecular Hbond substituents is 1. The Bertz CT molecular complexity index is 339. The molecule has 0 saturated heterocycles. The van der Waals surface area contributed by atoms with Crippen LogP contribution in [0.3, 0.4) is 0 Å². The van der Waals surface area contributed by atoms with Gasteiger partial charge in [0.2, 0.25) is 5.91 Å². The third-order valence-corrected chi connectivity index (χ3v) is 1.70. The van der Waals surface area contributed by atoms with Crippen molar-refractivity contribution < 1.29 is 14.3 Å².